The minimum atomic E-state index is -0.866. The van der Waals surface area contributed by atoms with Crippen LogP contribution in [0.4, 0.5) is 9.59 Å². The molecule has 0 aromatic heterocycles. The molecule has 0 heterocycles. The molecular formula is C16H20ClNO5. The van der Waals surface area contributed by atoms with Gasteiger partial charge in [0, 0.05) is 0 Å². The number of alkyl halides is 1. The maximum atomic E-state index is 11.9. The third kappa shape index (κ3) is 5.03. The molecule has 0 radical (unpaired) electrons. The number of aryl methyl sites for hydroxylation is 1. The summed E-state index contributed by atoms with van der Waals surface area (Å²) < 4.78 is 14.8. The second kappa shape index (κ2) is 7.08. The number of halogens is 1. The topological polar surface area (TPSA) is 73.9 Å². The van der Waals surface area contributed by atoms with Crippen molar-refractivity contribution in [2.45, 2.75) is 45.3 Å². The second-order valence-electron chi connectivity index (χ2n) is 6.20. The van der Waals surface area contributed by atoms with Gasteiger partial charge in [-0.3, -0.25) is 0 Å². The number of amides is 1. The summed E-state index contributed by atoms with van der Waals surface area (Å²) in [6.07, 6.45) is 0.268. The van der Waals surface area contributed by atoms with Gasteiger partial charge < -0.3 is 19.5 Å². The van der Waals surface area contributed by atoms with Crippen molar-refractivity contribution in [3.05, 3.63) is 29.3 Å². The average molecular weight is 342 g/mol. The molecular weight excluding hydrogens is 322 g/mol. The normalized spacial score (nSPS) is 16.4. The zero-order valence-electron chi connectivity index (χ0n) is 13.3. The Hall–Kier alpha value is -1.95. The molecule has 1 aliphatic rings. The lowest BCUT2D eigenvalue weighted by Crippen LogP contribution is -2.34. The van der Waals surface area contributed by atoms with Gasteiger partial charge in [0.15, 0.2) is 6.07 Å². The summed E-state index contributed by atoms with van der Waals surface area (Å²) in [6, 6.07) is 4.83. The van der Waals surface area contributed by atoms with Gasteiger partial charge in [-0.05, 0) is 56.9 Å². The van der Waals surface area contributed by atoms with Crippen molar-refractivity contribution in [2.75, 3.05) is 6.07 Å². The molecule has 2 rings (SSSR count). The molecule has 6 nitrogen and oxygen atoms in total. The lowest BCUT2D eigenvalue weighted by molar-refractivity contribution is 0.0503. The standard InChI is InChI=1S/C16H20ClNO5/c1-16(2,3)23-14(19)18-13-7-5-10-4-6-11(8-12(10)13)22-15(20)21-9-17/h4,6,8,13H,5,7,9H2,1-3H3,(H,18,19). The van der Waals surface area contributed by atoms with Crippen LogP contribution in [0.5, 0.6) is 5.75 Å². The van der Waals surface area contributed by atoms with Gasteiger partial charge in [-0.25, -0.2) is 9.59 Å². The number of alkyl carbamates (subject to hydrolysis) is 1. The third-order valence-electron chi connectivity index (χ3n) is 3.26. The highest BCUT2D eigenvalue weighted by atomic mass is 35.5. The molecule has 1 N–H and O–H groups in total. The Kier molecular flexibility index (Phi) is 5.36. The highest BCUT2D eigenvalue weighted by Crippen LogP contribution is 2.34. The van der Waals surface area contributed by atoms with Gasteiger partial charge in [0.2, 0.25) is 0 Å². The molecule has 0 aliphatic heterocycles. The van der Waals surface area contributed by atoms with Crippen molar-refractivity contribution in [1.29, 1.82) is 0 Å². The monoisotopic (exact) mass is 341 g/mol. The molecule has 0 spiro atoms. The van der Waals surface area contributed by atoms with Gasteiger partial charge in [0.1, 0.15) is 11.4 Å². The first-order valence-electron chi connectivity index (χ1n) is 7.31. The van der Waals surface area contributed by atoms with Crippen molar-refractivity contribution >= 4 is 23.8 Å². The molecule has 1 aromatic carbocycles. The minimum absolute atomic E-state index is 0.174. The molecule has 126 valence electrons. The first-order valence-corrected chi connectivity index (χ1v) is 7.85. The van der Waals surface area contributed by atoms with E-state index in [4.69, 9.17) is 21.1 Å². The van der Waals surface area contributed by atoms with Crippen LogP contribution in [0.1, 0.15) is 44.4 Å². The van der Waals surface area contributed by atoms with E-state index in [1.54, 1.807) is 12.1 Å². The highest BCUT2D eigenvalue weighted by molar-refractivity contribution is 6.17. The van der Waals surface area contributed by atoms with E-state index in [1.807, 2.05) is 26.8 Å². The van der Waals surface area contributed by atoms with E-state index in [1.165, 1.54) is 0 Å². The minimum Gasteiger partial charge on any atom is -0.444 e. The quantitative estimate of drug-likeness (QED) is 0.512. The Balaban J connectivity index is 2.06. The Morgan fingerprint density at radius 1 is 1.35 bits per heavy atom. The van der Waals surface area contributed by atoms with Crippen LogP contribution >= 0.6 is 11.6 Å². The number of nitrogens with one attached hydrogen (secondary N) is 1. The average Bonchev–Trinajstić information content (AvgIpc) is 2.79. The van der Waals surface area contributed by atoms with E-state index in [9.17, 15) is 9.59 Å². The van der Waals surface area contributed by atoms with Crippen LogP contribution in [0, 0.1) is 0 Å². The predicted molar refractivity (Wildman–Crippen MR) is 84.7 cm³/mol. The number of carbonyl (C=O) groups is 2. The summed E-state index contributed by atoms with van der Waals surface area (Å²) in [5.74, 6) is 0.344. The van der Waals surface area contributed by atoms with Crippen LogP contribution in [0.25, 0.3) is 0 Å². The number of fused-ring (bicyclic) bond motifs is 1. The summed E-state index contributed by atoms with van der Waals surface area (Å²) in [4.78, 5) is 23.2. The second-order valence-corrected chi connectivity index (χ2v) is 6.42. The molecule has 1 aliphatic carbocycles. The summed E-state index contributed by atoms with van der Waals surface area (Å²) >= 11 is 5.31. The van der Waals surface area contributed by atoms with Crippen LogP contribution in [0.3, 0.4) is 0 Å². The number of rotatable bonds is 3. The molecule has 0 bridgehead atoms. The van der Waals surface area contributed by atoms with E-state index in [2.05, 4.69) is 10.1 Å². The maximum absolute atomic E-state index is 11.9. The van der Waals surface area contributed by atoms with Crippen LogP contribution in [0.2, 0.25) is 0 Å². The molecule has 0 saturated heterocycles. The first-order chi connectivity index (χ1) is 10.8. The fraction of sp³-hybridized carbons (Fsp3) is 0.500. The number of hydrogen-bond acceptors (Lipinski definition) is 5. The van der Waals surface area contributed by atoms with Crippen molar-refractivity contribution in [1.82, 2.24) is 5.32 Å². The summed E-state index contributed by atoms with van der Waals surface area (Å²) in [7, 11) is 0. The molecule has 23 heavy (non-hydrogen) atoms. The van der Waals surface area contributed by atoms with E-state index >= 15 is 0 Å². The lowest BCUT2D eigenvalue weighted by atomic mass is 10.1. The Morgan fingerprint density at radius 3 is 2.74 bits per heavy atom. The van der Waals surface area contributed by atoms with Crippen molar-refractivity contribution < 1.29 is 23.8 Å². The van der Waals surface area contributed by atoms with Gasteiger partial charge in [0.25, 0.3) is 0 Å². The first kappa shape index (κ1) is 17.4. The Bertz CT molecular complexity index is 597. The van der Waals surface area contributed by atoms with Gasteiger partial charge in [0.05, 0.1) is 6.04 Å². The van der Waals surface area contributed by atoms with Gasteiger partial charge in [-0.15, -0.1) is 0 Å². The summed E-state index contributed by atoms with van der Waals surface area (Å²) in [5, 5.41) is 2.84. The van der Waals surface area contributed by atoms with Gasteiger partial charge >= 0.3 is 12.2 Å². The number of hydrogen-bond donors (Lipinski definition) is 1. The number of carbonyl (C=O) groups excluding carboxylic acids is 2. The van der Waals surface area contributed by atoms with Crippen LogP contribution < -0.4 is 10.1 Å². The van der Waals surface area contributed by atoms with Crippen LogP contribution in [0.15, 0.2) is 18.2 Å². The summed E-state index contributed by atoms with van der Waals surface area (Å²) in [5.41, 5.74) is 1.46. The zero-order valence-corrected chi connectivity index (χ0v) is 14.1. The molecule has 0 fully saturated rings. The summed E-state index contributed by atoms with van der Waals surface area (Å²) in [6.45, 7) is 5.43. The smallest absolute Gasteiger partial charge is 0.444 e. The fourth-order valence-corrected chi connectivity index (χ4v) is 2.50. The molecule has 1 atom stereocenters. The highest BCUT2D eigenvalue weighted by Gasteiger charge is 2.27. The Morgan fingerprint density at radius 2 is 2.09 bits per heavy atom. The molecule has 7 heteroatoms. The van der Waals surface area contributed by atoms with Crippen molar-refractivity contribution in [2.24, 2.45) is 0 Å². The zero-order chi connectivity index (χ0) is 17.0. The van der Waals surface area contributed by atoms with Crippen molar-refractivity contribution in [3.8, 4) is 5.75 Å². The SMILES string of the molecule is CC(C)(C)OC(=O)NC1CCc2ccc(OC(=O)OCCl)cc21. The van der Waals surface area contributed by atoms with E-state index in [0.717, 1.165) is 24.0 Å². The van der Waals surface area contributed by atoms with Crippen LogP contribution in [-0.4, -0.2) is 23.9 Å². The predicted octanol–water partition coefficient (Wildman–Crippen LogP) is 3.91. The number of ether oxygens (including phenoxy) is 3. The molecule has 0 saturated carbocycles. The maximum Gasteiger partial charge on any atom is 0.515 e. The fourth-order valence-electron chi connectivity index (χ4n) is 2.41. The Labute approximate surface area is 140 Å². The van der Waals surface area contributed by atoms with Crippen molar-refractivity contribution in [3.63, 3.8) is 0 Å². The van der Waals surface area contributed by atoms with E-state index in [0.29, 0.717) is 5.75 Å². The molecule has 1 amide bonds. The van der Waals surface area contributed by atoms with E-state index < -0.39 is 17.8 Å². The van der Waals surface area contributed by atoms with Gasteiger partial charge in [-0.2, -0.15) is 0 Å². The largest absolute Gasteiger partial charge is 0.515 e. The molecule has 1 unspecified atom stereocenters. The lowest BCUT2D eigenvalue weighted by Gasteiger charge is -2.22. The van der Waals surface area contributed by atoms with Gasteiger partial charge in [-0.1, -0.05) is 17.7 Å². The molecule has 1 aromatic rings. The third-order valence-corrected chi connectivity index (χ3v) is 3.37. The van der Waals surface area contributed by atoms with E-state index in [-0.39, 0.29) is 12.1 Å². The number of benzene rings is 1. The van der Waals surface area contributed by atoms with Crippen LogP contribution in [-0.2, 0) is 15.9 Å².